The summed E-state index contributed by atoms with van der Waals surface area (Å²) in [6.45, 7) is 1.52. The van der Waals surface area contributed by atoms with Gasteiger partial charge >= 0.3 is 5.69 Å². The second kappa shape index (κ2) is 7.28. The van der Waals surface area contributed by atoms with Gasteiger partial charge in [0.1, 0.15) is 5.69 Å². The number of carbonyl (C=O) groups excluding carboxylic acids is 1. The second-order valence-corrected chi connectivity index (χ2v) is 6.59. The number of nitrogens with zero attached hydrogens (tertiary/aromatic N) is 5. The summed E-state index contributed by atoms with van der Waals surface area (Å²) in [5, 5.41) is 13.5. The van der Waals surface area contributed by atoms with Crippen molar-refractivity contribution in [2.75, 3.05) is 19.7 Å². The van der Waals surface area contributed by atoms with Gasteiger partial charge in [-0.15, -0.1) is 0 Å². The second-order valence-electron chi connectivity index (χ2n) is 6.59. The summed E-state index contributed by atoms with van der Waals surface area (Å²) in [6.07, 6.45) is 3.55. The number of aliphatic hydroxyl groups excluding tert-OH is 1. The van der Waals surface area contributed by atoms with Gasteiger partial charge in [0.15, 0.2) is 0 Å². The fourth-order valence-corrected chi connectivity index (χ4v) is 3.33. The van der Waals surface area contributed by atoms with Crippen molar-refractivity contribution in [3.8, 4) is 0 Å². The van der Waals surface area contributed by atoms with Gasteiger partial charge in [-0.1, -0.05) is 0 Å². The highest BCUT2D eigenvalue weighted by Crippen LogP contribution is 2.26. The van der Waals surface area contributed by atoms with E-state index in [1.165, 1.54) is 24.7 Å². The van der Waals surface area contributed by atoms with E-state index in [9.17, 15) is 14.4 Å². The Morgan fingerprint density at radius 2 is 2.08 bits per heavy atom. The van der Waals surface area contributed by atoms with Crippen LogP contribution in [0.4, 0.5) is 0 Å². The molecule has 9 nitrogen and oxygen atoms in total. The lowest BCUT2D eigenvalue weighted by Gasteiger charge is -2.32. The van der Waals surface area contributed by atoms with Crippen molar-refractivity contribution in [3.05, 3.63) is 50.6 Å². The van der Waals surface area contributed by atoms with E-state index < -0.39 is 11.2 Å². The zero-order valence-electron chi connectivity index (χ0n) is 15.0. The van der Waals surface area contributed by atoms with Crippen LogP contribution in [0.3, 0.4) is 0 Å². The molecule has 2 aromatic rings. The van der Waals surface area contributed by atoms with Gasteiger partial charge in [-0.05, 0) is 18.9 Å². The van der Waals surface area contributed by atoms with E-state index in [-0.39, 0.29) is 24.1 Å². The summed E-state index contributed by atoms with van der Waals surface area (Å²) in [4.78, 5) is 38.5. The van der Waals surface area contributed by atoms with Crippen LogP contribution in [0.2, 0.25) is 0 Å². The van der Waals surface area contributed by atoms with Gasteiger partial charge in [0.2, 0.25) is 0 Å². The Kier molecular flexibility index (Phi) is 5.08. The molecule has 0 spiro atoms. The van der Waals surface area contributed by atoms with Crippen molar-refractivity contribution in [1.82, 2.24) is 23.8 Å². The first kappa shape index (κ1) is 18.1. The van der Waals surface area contributed by atoms with Gasteiger partial charge in [0.25, 0.3) is 11.5 Å². The van der Waals surface area contributed by atoms with Crippen molar-refractivity contribution in [2.24, 2.45) is 14.1 Å². The van der Waals surface area contributed by atoms with E-state index in [4.69, 9.17) is 5.11 Å². The topological polar surface area (TPSA) is 102 Å². The smallest absolute Gasteiger partial charge is 0.331 e. The standard InChI is InChI=1S/C17H23N5O4/c1-19-14(10-15(24)20(2)17(19)26)16(25)21-6-3-4-12(11-21)13-5-7-22(18-13)8-9-23/h5,7,10,12,23H,3-4,6,8-9,11H2,1-2H3/t12-/m1/s1. The maximum Gasteiger partial charge on any atom is 0.331 e. The lowest BCUT2D eigenvalue weighted by Crippen LogP contribution is -2.44. The number of carbonyl (C=O) groups is 1. The Hall–Kier alpha value is -2.68. The van der Waals surface area contributed by atoms with Gasteiger partial charge in [0, 0.05) is 45.4 Å². The SMILES string of the molecule is Cn1c(C(=O)N2CCC[C@@H](c3ccn(CCO)n3)C2)cc(=O)n(C)c1=O. The average molecular weight is 361 g/mol. The van der Waals surface area contributed by atoms with Gasteiger partial charge in [0.05, 0.1) is 18.8 Å². The van der Waals surface area contributed by atoms with Crippen molar-refractivity contribution in [2.45, 2.75) is 25.3 Å². The van der Waals surface area contributed by atoms with Crippen LogP contribution in [-0.2, 0) is 20.6 Å². The fourth-order valence-electron chi connectivity index (χ4n) is 3.33. The molecular weight excluding hydrogens is 338 g/mol. The molecule has 1 fully saturated rings. The number of aliphatic hydroxyl groups is 1. The first-order chi connectivity index (χ1) is 12.4. The van der Waals surface area contributed by atoms with E-state index in [1.54, 1.807) is 9.58 Å². The Bertz CT molecular complexity index is 926. The van der Waals surface area contributed by atoms with Crippen LogP contribution in [0.5, 0.6) is 0 Å². The van der Waals surface area contributed by atoms with E-state index >= 15 is 0 Å². The zero-order valence-corrected chi connectivity index (χ0v) is 15.0. The summed E-state index contributed by atoms with van der Waals surface area (Å²) >= 11 is 0. The third kappa shape index (κ3) is 3.34. The summed E-state index contributed by atoms with van der Waals surface area (Å²) < 4.78 is 3.87. The molecule has 1 aliphatic rings. The van der Waals surface area contributed by atoms with E-state index in [1.807, 2.05) is 12.3 Å². The van der Waals surface area contributed by atoms with Crippen LogP contribution in [0.15, 0.2) is 27.9 Å². The van der Waals surface area contributed by atoms with Crippen molar-refractivity contribution >= 4 is 5.91 Å². The Morgan fingerprint density at radius 1 is 1.31 bits per heavy atom. The quantitative estimate of drug-likeness (QED) is 0.775. The molecule has 1 atom stereocenters. The summed E-state index contributed by atoms with van der Waals surface area (Å²) in [7, 11) is 2.88. The zero-order chi connectivity index (χ0) is 18.8. The average Bonchev–Trinajstić information content (AvgIpc) is 3.11. The van der Waals surface area contributed by atoms with Gasteiger partial charge in [-0.2, -0.15) is 5.10 Å². The van der Waals surface area contributed by atoms with Crippen LogP contribution in [0.1, 0.15) is 34.9 Å². The predicted molar refractivity (Wildman–Crippen MR) is 94.1 cm³/mol. The molecule has 9 heteroatoms. The molecule has 0 aliphatic carbocycles. The van der Waals surface area contributed by atoms with Crippen molar-refractivity contribution in [1.29, 1.82) is 0 Å². The minimum absolute atomic E-state index is 0.0212. The van der Waals surface area contributed by atoms with Crippen molar-refractivity contribution in [3.63, 3.8) is 0 Å². The van der Waals surface area contributed by atoms with E-state index in [0.29, 0.717) is 19.6 Å². The first-order valence-corrected chi connectivity index (χ1v) is 8.63. The number of hydrogen-bond acceptors (Lipinski definition) is 5. The van der Waals surface area contributed by atoms with Crippen LogP contribution < -0.4 is 11.2 Å². The minimum Gasteiger partial charge on any atom is -0.394 e. The van der Waals surface area contributed by atoms with Crippen LogP contribution >= 0.6 is 0 Å². The molecule has 3 rings (SSSR count). The number of amides is 1. The lowest BCUT2D eigenvalue weighted by atomic mass is 9.94. The summed E-state index contributed by atoms with van der Waals surface area (Å²) in [6, 6.07) is 3.12. The Labute approximate surface area is 150 Å². The number of piperidine rings is 1. The normalized spacial score (nSPS) is 17.5. The number of likely N-dealkylation sites (tertiary alicyclic amines) is 1. The molecule has 140 valence electrons. The van der Waals surface area contributed by atoms with Gasteiger partial charge in [-0.25, -0.2) is 4.79 Å². The summed E-state index contributed by atoms with van der Waals surface area (Å²) in [5.41, 5.74) is -0.0247. The third-order valence-electron chi connectivity index (χ3n) is 4.86. The molecule has 0 bridgehead atoms. The van der Waals surface area contributed by atoms with Crippen LogP contribution in [0.25, 0.3) is 0 Å². The van der Waals surface area contributed by atoms with Gasteiger partial charge in [-0.3, -0.25) is 23.4 Å². The largest absolute Gasteiger partial charge is 0.394 e. The highest BCUT2D eigenvalue weighted by Gasteiger charge is 2.28. The maximum absolute atomic E-state index is 12.9. The minimum atomic E-state index is -0.517. The molecule has 0 saturated carbocycles. The monoisotopic (exact) mass is 361 g/mol. The predicted octanol–water partition coefficient (Wildman–Crippen LogP) is -0.707. The van der Waals surface area contributed by atoms with Crippen LogP contribution in [0, 0.1) is 0 Å². The van der Waals surface area contributed by atoms with Gasteiger partial charge < -0.3 is 10.0 Å². The highest BCUT2D eigenvalue weighted by atomic mass is 16.3. The lowest BCUT2D eigenvalue weighted by molar-refractivity contribution is 0.0693. The molecule has 0 unspecified atom stereocenters. The number of rotatable bonds is 4. The molecule has 3 heterocycles. The molecule has 0 aromatic carbocycles. The molecule has 0 radical (unpaired) electrons. The third-order valence-corrected chi connectivity index (χ3v) is 4.86. The Morgan fingerprint density at radius 3 is 2.81 bits per heavy atom. The highest BCUT2D eigenvalue weighted by molar-refractivity contribution is 5.92. The van der Waals surface area contributed by atoms with E-state index in [2.05, 4.69) is 5.10 Å². The Balaban J connectivity index is 1.82. The molecule has 2 aromatic heterocycles. The maximum atomic E-state index is 12.9. The molecule has 1 amide bonds. The molecule has 1 saturated heterocycles. The fraction of sp³-hybridized carbons (Fsp3) is 0.529. The number of hydrogen-bond donors (Lipinski definition) is 1. The molecule has 1 N–H and O–H groups in total. The molecular formula is C17H23N5O4. The molecule has 26 heavy (non-hydrogen) atoms. The van der Waals surface area contributed by atoms with Crippen LogP contribution in [-0.4, -0.2) is 54.5 Å². The van der Waals surface area contributed by atoms with Crippen molar-refractivity contribution < 1.29 is 9.90 Å². The first-order valence-electron chi connectivity index (χ1n) is 8.63. The molecule has 1 aliphatic heterocycles. The summed E-state index contributed by atoms with van der Waals surface area (Å²) in [5.74, 6) is -0.224. The number of aromatic nitrogens is 4. The van der Waals surface area contributed by atoms with E-state index in [0.717, 1.165) is 23.1 Å².